The lowest BCUT2D eigenvalue weighted by Gasteiger charge is -2.10. The van der Waals surface area contributed by atoms with E-state index in [1.807, 2.05) is 0 Å². The van der Waals surface area contributed by atoms with Gasteiger partial charge in [0.1, 0.15) is 5.69 Å². The molecule has 18 heavy (non-hydrogen) atoms. The van der Waals surface area contributed by atoms with Crippen molar-refractivity contribution < 1.29 is 14.7 Å². The molecule has 1 aliphatic rings. The molecule has 0 saturated heterocycles. The van der Waals surface area contributed by atoms with E-state index in [2.05, 4.69) is 17.2 Å². The molecule has 1 heterocycles. The van der Waals surface area contributed by atoms with Gasteiger partial charge in [0, 0.05) is 6.54 Å². The predicted octanol–water partition coefficient (Wildman–Crippen LogP) is 1.62. The van der Waals surface area contributed by atoms with Crippen molar-refractivity contribution in [3.05, 3.63) is 29.1 Å². The quantitative estimate of drug-likeness (QED) is 0.848. The highest BCUT2D eigenvalue weighted by Gasteiger charge is 2.37. The Balaban J connectivity index is 2.06. The van der Waals surface area contributed by atoms with Crippen LogP contribution in [0.4, 0.5) is 0 Å². The Morgan fingerprint density at radius 2 is 2.11 bits per heavy atom. The summed E-state index contributed by atoms with van der Waals surface area (Å²) in [5.74, 6) is -1.28. The van der Waals surface area contributed by atoms with E-state index in [1.54, 1.807) is 6.92 Å². The number of aromatic nitrogens is 1. The zero-order chi connectivity index (χ0) is 13.3. The number of aryl methyl sites for hydroxylation is 1. The lowest BCUT2D eigenvalue weighted by atomic mass is 10.1. The van der Waals surface area contributed by atoms with E-state index < -0.39 is 5.97 Å². The molecule has 0 atom stereocenters. The summed E-state index contributed by atoms with van der Waals surface area (Å²) in [6.07, 6.45) is 2.27. The molecule has 1 aromatic heterocycles. The third-order valence-electron chi connectivity index (χ3n) is 3.33. The molecular formula is C13H16N2O3. The number of carbonyl (C=O) groups excluding carboxylic acids is 1. The van der Waals surface area contributed by atoms with Crippen LogP contribution in [0.3, 0.4) is 0 Å². The van der Waals surface area contributed by atoms with Crippen molar-refractivity contribution in [1.82, 2.24) is 10.3 Å². The van der Waals surface area contributed by atoms with Crippen LogP contribution in [0.5, 0.6) is 0 Å². The van der Waals surface area contributed by atoms with E-state index in [-0.39, 0.29) is 22.6 Å². The van der Waals surface area contributed by atoms with Crippen molar-refractivity contribution in [2.24, 2.45) is 5.41 Å². The average molecular weight is 248 g/mol. The number of aromatic carboxylic acids is 1. The first-order valence-corrected chi connectivity index (χ1v) is 5.90. The lowest BCUT2D eigenvalue weighted by Crippen LogP contribution is -2.29. The summed E-state index contributed by atoms with van der Waals surface area (Å²) < 4.78 is 0. The van der Waals surface area contributed by atoms with Gasteiger partial charge in [-0.3, -0.25) is 4.79 Å². The molecule has 0 unspecified atom stereocenters. The number of rotatable bonds is 4. The van der Waals surface area contributed by atoms with Crippen LogP contribution >= 0.6 is 0 Å². The second-order valence-electron chi connectivity index (χ2n) is 5.13. The van der Waals surface area contributed by atoms with E-state index in [0.717, 1.165) is 12.8 Å². The van der Waals surface area contributed by atoms with Crippen LogP contribution in [0.25, 0.3) is 0 Å². The lowest BCUT2D eigenvalue weighted by molar-refractivity contribution is 0.0694. The Labute approximate surface area is 105 Å². The van der Waals surface area contributed by atoms with E-state index in [4.69, 9.17) is 5.11 Å². The summed E-state index contributed by atoms with van der Waals surface area (Å²) in [4.78, 5) is 26.7. The maximum atomic E-state index is 11.8. The van der Waals surface area contributed by atoms with Gasteiger partial charge in [-0.25, -0.2) is 9.78 Å². The molecule has 1 aromatic rings. The third kappa shape index (κ3) is 2.67. The van der Waals surface area contributed by atoms with E-state index in [1.165, 1.54) is 12.1 Å². The van der Waals surface area contributed by atoms with Crippen molar-refractivity contribution in [1.29, 1.82) is 0 Å². The van der Waals surface area contributed by atoms with Gasteiger partial charge in [0.25, 0.3) is 5.91 Å². The molecule has 0 aromatic carbocycles. The van der Waals surface area contributed by atoms with Crippen molar-refractivity contribution in [3.63, 3.8) is 0 Å². The fourth-order valence-corrected chi connectivity index (χ4v) is 1.69. The number of pyridine rings is 1. The van der Waals surface area contributed by atoms with Crippen molar-refractivity contribution in [2.45, 2.75) is 26.7 Å². The molecule has 2 rings (SSSR count). The van der Waals surface area contributed by atoms with Gasteiger partial charge in [-0.1, -0.05) is 6.92 Å². The summed E-state index contributed by atoms with van der Waals surface area (Å²) in [7, 11) is 0. The van der Waals surface area contributed by atoms with E-state index in [0.29, 0.717) is 12.2 Å². The zero-order valence-electron chi connectivity index (χ0n) is 10.5. The van der Waals surface area contributed by atoms with Crippen LogP contribution in [0.2, 0.25) is 0 Å². The third-order valence-corrected chi connectivity index (χ3v) is 3.33. The van der Waals surface area contributed by atoms with Gasteiger partial charge in [-0.15, -0.1) is 0 Å². The Morgan fingerprint density at radius 3 is 2.61 bits per heavy atom. The molecule has 1 amide bonds. The second-order valence-corrected chi connectivity index (χ2v) is 5.13. The van der Waals surface area contributed by atoms with Crippen molar-refractivity contribution in [3.8, 4) is 0 Å². The predicted molar refractivity (Wildman–Crippen MR) is 65.6 cm³/mol. The van der Waals surface area contributed by atoms with Crippen LogP contribution in [-0.2, 0) is 0 Å². The van der Waals surface area contributed by atoms with Crippen LogP contribution in [0.1, 0.15) is 46.3 Å². The molecule has 96 valence electrons. The first kappa shape index (κ1) is 12.5. The Kier molecular flexibility index (Phi) is 3.07. The molecule has 0 radical (unpaired) electrons. The maximum Gasteiger partial charge on any atom is 0.337 e. The molecule has 5 nitrogen and oxygen atoms in total. The number of nitrogens with one attached hydrogen (secondary N) is 1. The van der Waals surface area contributed by atoms with Crippen LogP contribution < -0.4 is 5.32 Å². The first-order chi connectivity index (χ1) is 8.41. The van der Waals surface area contributed by atoms with E-state index >= 15 is 0 Å². The molecule has 0 bridgehead atoms. The number of carbonyl (C=O) groups is 2. The largest absolute Gasteiger partial charge is 0.478 e. The van der Waals surface area contributed by atoms with E-state index in [9.17, 15) is 9.59 Å². The first-order valence-electron chi connectivity index (χ1n) is 5.90. The van der Waals surface area contributed by atoms with Gasteiger partial charge >= 0.3 is 5.97 Å². The van der Waals surface area contributed by atoms with Gasteiger partial charge in [0.15, 0.2) is 0 Å². The molecule has 0 aliphatic heterocycles. The number of amides is 1. The minimum absolute atomic E-state index is 0.126. The van der Waals surface area contributed by atoms with Crippen molar-refractivity contribution in [2.75, 3.05) is 6.54 Å². The highest BCUT2D eigenvalue weighted by atomic mass is 16.4. The van der Waals surface area contributed by atoms with Gasteiger partial charge in [0.2, 0.25) is 0 Å². The van der Waals surface area contributed by atoms with Gasteiger partial charge in [-0.2, -0.15) is 0 Å². The van der Waals surface area contributed by atoms with Gasteiger partial charge in [0.05, 0.1) is 11.3 Å². The molecular weight excluding hydrogens is 232 g/mol. The Hall–Kier alpha value is -1.91. The summed E-state index contributed by atoms with van der Waals surface area (Å²) in [5, 5.41) is 11.7. The molecule has 1 saturated carbocycles. The standard InChI is InChI=1S/C13H16N2O3/c1-8-9(12(17)18)3-4-10(15-8)11(16)14-7-13(2)5-6-13/h3-4H,5-7H2,1-2H3,(H,14,16)(H,17,18). The fourth-order valence-electron chi connectivity index (χ4n) is 1.69. The highest BCUT2D eigenvalue weighted by Crippen LogP contribution is 2.44. The number of carboxylic acids is 1. The second kappa shape index (κ2) is 4.40. The molecule has 1 fully saturated rings. The minimum Gasteiger partial charge on any atom is -0.478 e. The SMILES string of the molecule is Cc1nc(C(=O)NCC2(C)CC2)ccc1C(=O)O. The van der Waals surface area contributed by atoms with Crippen molar-refractivity contribution >= 4 is 11.9 Å². The van der Waals surface area contributed by atoms with Gasteiger partial charge in [-0.05, 0) is 37.3 Å². The summed E-state index contributed by atoms with van der Waals surface area (Å²) in [6, 6.07) is 2.86. The number of hydrogen-bond donors (Lipinski definition) is 2. The maximum absolute atomic E-state index is 11.8. The van der Waals surface area contributed by atoms with Crippen LogP contribution in [0.15, 0.2) is 12.1 Å². The summed E-state index contributed by atoms with van der Waals surface area (Å²) >= 11 is 0. The smallest absolute Gasteiger partial charge is 0.337 e. The fraction of sp³-hybridized carbons (Fsp3) is 0.462. The normalized spacial score (nSPS) is 16.1. The topological polar surface area (TPSA) is 79.3 Å². The molecule has 5 heteroatoms. The number of hydrogen-bond acceptors (Lipinski definition) is 3. The zero-order valence-corrected chi connectivity index (χ0v) is 10.5. The molecule has 2 N–H and O–H groups in total. The highest BCUT2D eigenvalue weighted by molar-refractivity contribution is 5.94. The minimum atomic E-state index is -1.03. The summed E-state index contributed by atoms with van der Waals surface area (Å²) in [6.45, 7) is 4.36. The number of carboxylic acid groups (broad SMARTS) is 1. The number of nitrogens with zero attached hydrogens (tertiary/aromatic N) is 1. The average Bonchev–Trinajstić information content (AvgIpc) is 3.04. The summed E-state index contributed by atoms with van der Waals surface area (Å²) in [5.41, 5.74) is 0.987. The Morgan fingerprint density at radius 1 is 1.44 bits per heavy atom. The van der Waals surface area contributed by atoms with Crippen LogP contribution in [-0.4, -0.2) is 28.5 Å². The molecule has 1 aliphatic carbocycles. The monoisotopic (exact) mass is 248 g/mol. The van der Waals surface area contributed by atoms with Gasteiger partial charge < -0.3 is 10.4 Å². The Bertz CT molecular complexity index is 507. The van der Waals surface area contributed by atoms with Crippen LogP contribution in [0, 0.1) is 12.3 Å². The molecule has 0 spiro atoms.